The highest BCUT2D eigenvalue weighted by Crippen LogP contribution is 2.36. The zero-order chi connectivity index (χ0) is 16.0. The van der Waals surface area contributed by atoms with Crippen molar-refractivity contribution in [2.45, 2.75) is 12.8 Å². The first-order valence-electron chi connectivity index (χ1n) is 7.32. The fourth-order valence-electron chi connectivity index (χ4n) is 3.12. The van der Waals surface area contributed by atoms with Crippen LogP contribution in [0.1, 0.15) is 22.4 Å². The van der Waals surface area contributed by atoms with Crippen molar-refractivity contribution in [2.24, 2.45) is 0 Å². The van der Waals surface area contributed by atoms with Gasteiger partial charge >= 0.3 is 0 Å². The van der Waals surface area contributed by atoms with Crippen LogP contribution in [0.5, 0.6) is 0 Å². The molecule has 0 N–H and O–H groups in total. The summed E-state index contributed by atoms with van der Waals surface area (Å²) in [6.07, 6.45) is 1.11. The average Bonchev–Trinajstić information content (AvgIpc) is 2.90. The van der Waals surface area contributed by atoms with Crippen molar-refractivity contribution in [1.29, 1.82) is 0 Å². The molecule has 1 aliphatic carbocycles. The van der Waals surface area contributed by atoms with Crippen LogP contribution in [-0.4, -0.2) is 4.98 Å². The van der Waals surface area contributed by atoms with Crippen molar-refractivity contribution >= 4 is 0 Å². The zero-order valence-corrected chi connectivity index (χ0v) is 12.1. The third-order valence-corrected chi connectivity index (χ3v) is 4.17. The Hall–Kier alpha value is -2.62. The molecular weight excluding hydrogens is 299 g/mol. The van der Waals surface area contributed by atoms with Gasteiger partial charge in [-0.25, -0.2) is 9.37 Å². The largest absolute Gasteiger partial charge is 0.252 e. The molecule has 0 fully saturated rings. The molecule has 4 rings (SSSR count). The summed E-state index contributed by atoms with van der Waals surface area (Å²) in [5, 5.41) is 0. The van der Waals surface area contributed by atoms with E-state index in [1.165, 1.54) is 22.3 Å². The standard InChI is InChI=1S/C19H12F3N/c20-17-10-14(23-19(22)18(17)21)8-11-5-6-16-13(7-11)9-12-3-1-2-4-15(12)16/h1-7,10H,8-9H2. The predicted octanol–water partition coefficient (Wildman–Crippen LogP) is 4.66. The van der Waals surface area contributed by atoms with Gasteiger partial charge in [-0.15, -0.1) is 0 Å². The number of aromatic nitrogens is 1. The summed E-state index contributed by atoms with van der Waals surface area (Å²) in [7, 11) is 0. The van der Waals surface area contributed by atoms with Crippen LogP contribution in [0, 0.1) is 17.6 Å². The van der Waals surface area contributed by atoms with Gasteiger partial charge in [0.15, 0.2) is 5.82 Å². The van der Waals surface area contributed by atoms with E-state index in [2.05, 4.69) is 17.1 Å². The Labute approximate surface area is 131 Å². The van der Waals surface area contributed by atoms with Crippen LogP contribution < -0.4 is 0 Å². The quantitative estimate of drug-likeness (QED) is 0.491. The van der Waals surface area contributed by atoms with Gasteiger partial charge in [0.2, 0.25) is 5.82 Å². The molecule has 0 unspecified atom stereocenters. The Balaban J connectivity index is 1.67. The van der Waals surface area contributed by atoms with Gasteiger partial charge in [-0.3, -0.25) is 0 Å². The first kappa shape index (κ1) is 14.0. The van der Waals surface area contributed by atoms with Gasteiger partial charge in [-0.2, -0.15) is 8.78 Å². The number of hydrogen-bond acceptors (Lipinski definition) is 1. The second kappa shape index (κ2) is 5.23. The number of hydrogen-bond donors (Lipinski definition) is 0. The molecule has 4 heteroatoms. The lowest BCUT2D eigenvalue weighted by molar-refractivity contribution is 0.423. The van der Waals surface area contributed by atoms with E-state index in [0.29, 0.717) is 0 Å². The number of benzene rings is 2. The maximum Gasteiger partial charge on any atom is 0.252 e. The Morgan fingerprint density at radius 3 is 2.48 bits per heavy atom. The van der Waals surface area contributed by atoms with Gasteiger partial charge in [0.1, 0.15) is 0 Å². The molecule has 23 heavy (non-hydrogen) atoms. The molecule has 1 nitrogen and oxygen atoms in total. The maximum atomic E-state index is 13.3. The number of rotatable bonds is 2. The highest BCUT2D eigenvalue weighted by atomic mass is 19.2. The van der Waals surface area contributed by atoms with Crippen molar-refractivity contribution in [3.8, 4) is 11.1 Å². The fourth-order valence-corrected chi connectivity index (χ4v) is 3.12. The summed E-state index contributed by atoms with van der Waals surface area (Å²) >= 11 is 0. The molecular formula is C19H12F3N. The smallest absolute Gasteiger partial charge is 0.222 e. The minimum Gasteiger partial charge on any atom is -0.222 e. The van der Waals surface area contributed by atoms with Crippen LogP contribution >= 0.6 is 0 Å². The molecule has 114 valence electrons. The van der Waals surface area contributed by atoms with Gasteiger partial charge < -0.3 is 0 Å². The molecule has 1 aromatic heterocycles. The van der Waals surface area contributed by atoms with Crippen molar-refractivity contribution < 1.29 is 13.2 Å². The van der Waals surface area contributed by atoms with E-state index in [-0.39, 0.29) is 12.1 Å². The Kier molecular flexibility index (Phi) is 3.18. The van der Waals surface area contributed by atoms with Gasteiger partial charge in [-0.1, -0.05) is 42.5 Å². The van der Waals surface area contributed by atoms with Gasteiger partial charge in [0, 0.05) is 6.42 Å². The lowest BCUT2D eigenvalue weighted by Crippen LogP contribution is -2.01. The summed E-state index contributed by atoms with van der Waals surface area (Å²) in [5.41, 5.74) is 5.95. The molecule has 2 aromatic carbocycles. The second-order valence-corrected chi connectivity index (χ2v) is 5.70. The van der Waals surface area contributed by atoms with Crippen molar-refractivity contribution in [2.75, 3.05) is 0 Å². The van der Waals surface area contributed by atoms with Crippen LogP contribution in [0.2, 0.25) is 0 Å². The van der Waals surface area contributed by atoms with E-state index in [4.69, 9.17) is 0 Å². The van der Waals surface area contributed by atoms with Crippen molar-refractivity contribution in [1.82, 2.24) is 4.98 Å². The van der Waals surface area contributed by atoms with Crippen LogP contribution in [-0.2, 0) is 12.8 Å². The lowest BCUT2D eigenvalue weighted by atomic mass is 10.0. The van der Waals surface area contributed by atoms with Gasteiger partial charge in [0.25, 0.3) is 5.95 Å². The summed E-state index contributed by atoms with van der Waals surface area (Å²) in [6.45, 7) is 0. The molecule has 0 saturated heterocycles. The van der Waals surface area contributed by atoms with E-state index in [1.54, 1.807) is 0 Å². The van der Waals surface area contributed by atoms with Crippen LogP contribution in [0.25, 0.3) is 11.1 Å². The number of pyridine rings is 1. The minimum absolute atomic E-state index is 0.178. The highest BCUT2D eigenvalue weighted by molar-refractivity contribution is 5.76. The van der Waals surface area contributed by atoms with E-state index < -0.39 is 17.6 Å². The van der Waals surface area contributed by atoms with Crippen LogP contribution in [0.4, 0.5) is 13.2 Å². The molecule has 0 atom stereocenters. The Bertz CT molecular complexity index is 895. The lowest BCUT2D eigenvalue weighted by Gasteiger charge is -2.06. The molecule has 1 heterocycles. The third kappa shape index (κ3) is 2.40. The molecule has 0 spiro atoms. The Morgan fingerprint density at radius 2 is 1.65 bits per heavy atom. The number of halogens is 3. The normalized spacial score (nSPS) is 12.1. The summed E-state index contributed by atoms with van der Waals surface area (Å²) in [6, 6.07) is 15.1. The van der Waals surface area contributed by atoms with Gasteiger partial charge in [0.05, 0.1) is 5.69 Å². The van der Waals surface area contributed by atoms with Crippen LogP contribution in [0.15, 0.2) is 48.5 Å². The first-order valence-corrected chi connectivity index (χ1v) is 7.32. The van der Waals surface area contributed by atoms with E-state index in [1.807, 2.05) is 30.3 Å². The monoisotopic (exact) mass is 311 g/mol. The van der Waals surface area contributed by atoms with Crippen LogP contribution in [0.3, 0.4) is 0 Å². The SMILES string of the molecule is Fc1cc(Cc2ccc3c(c2)Cc2ccccc2-3)nc(F)c1F. The molecule has 0 saturated carbocycles. The number of nitrogens with zero attached hydrogens (tertiary/aromatic N) is 1. The van der Waals surface area contributed by atoms with E-state index in [9.17, 15) is 13.2 Å². The number of fused-ring (bicyclic) bond motifs is 3. The summed E-state index contributed by atoms with van der Waals surface area (Å²) in [5.74, 6) is -4.13. The summed E-state index contributed by atoms with van der Waals surface area (Å²) < 4.78 is 39.5. The van der Waals surface area contributed by atoms with E-state index in [0.717, 1.165) is 18.1 Å². The Morgan fingerprint density at radius 1 is 0.870 bits per heavy atom. The third-order valence-electron chi connectivity index (χ3n) is 4.17. The first-order chi connectivity index (χ1) is 11.1. The van der Waals surface area contributed by atoms with Crippen molar-refractivity contribution in [3.05, 3.63) is 88.5 Å². The second-order valence-electron chi connectivity index (χ2n) is 5.70. The minimum atomic E-state index is -1.53. The molecule has 1 aliphatic rings. The maximum absolute atomic E-state index is 13.3. The highest BCUT2D eigenvalue weighted by Gasteiger charge is 2.18. The molecule has 0 amide bonds. The molecule has 3 aromatic rings. The summed E-state index contributed by atoms with van der Waals surface area (Å²) in [4.78, 5) is 3.48. The molecule has 0 radical (unpaired) electrons. The zero-order valence-electron chi connectivity index (χ0n) is 12.1. The van der Waals surface area contributed by atoms with Gasteiger partial charge in [-0.05, 0) is 40.3 Å². The van der Waals surface area contributed by atoms with Crippen molar-refractivity contribution in [3.63, 3.8) is 0 Å². The predicted molar refractivity (Wildman–Crippen MR) is 81.6 cm³/mol. The van der Waals surface area contributed by atoms with E-state index >= 15 is 0 Å². The fraction of sp³-hybridized carbons (Fsp3) is 0.105. The molecule has 0 bridgehead atoms. The average molecular weight is 311 g/mol. The molecule has 0 aliphatic heterocycles. The topological polar surface area (TPSA) is 12.9 Å².